The lowest BCUT2D eigenvalue weighted by molar-refractivity contribution is 0.121. The zero-order valence-corrected chi connectivity index (χ0v) is 7.80. The van der Waals surface area contributed by atoms with E-state index in [0.717, 1.165) is 31.6 Å². The molecule has 1 aliphatic rings. The Morgan fingerprint density at radius 3 is 3.08 bits per heavy atom. The third kappa shape index (κ3) is 3.78. The van der Waals surface area contributed by atoms with Crippen LogP contribution in [-0.2, 0) is 4.84 Å². The van der Waals surface area contributed by atoms with Crippen molar-refractivity contribution in [2.45, 2.75) is 25.7 Å². The van der Waals surface area contributed by atoms with Crippen molar-refractivity contribution in [3.8, 4) is 0 Å². The second-order valence-corrected chi connectivity index (χ2v) is 2.88. The van der Waals surface area contributed by atoms with Crippen molar-refractivity contribution in [3.63, 3.8) is 0 Å². The van der Waals surface area contributed by atoms with E-state index in [2.05, 4.69) is 20.6 Å². The van der Waals surface area contributed by atoms with Gasteiger partial charge in [-0.1, -0.05) is 6.42 Å². The molecule has 1 heterocycles. The van der Waals surface area contributed by atoms with E-state index in [-0.39, 0.29) is 0 Å². The van der Waals surface area contributed by atoms with E-state index in [4.69, 9.17) is 0 Å². The lowest BCUT2D eigenvalue weighted by atomic mass is 10.2. The zero-order valence-electron chi connectivity index (χ0n) is 7.80. The number of nitrogens with zero attached hydrogens (tertiary/aromatic N) is 1. The van der Waals surface area contributed by atoms with Crippen molar-refractivity contribution in [1.29, 1.82) is 0 Å². The van der Waals surface area contributed by atoms with Gasteiger partial charge in [0.25, 0.3) is 0 Å². The van der Waals surface area contributed by atoms with Crippen molar-refractivity contribution in [1.82, 2.24) is 10.8 Å². The molecule has 0 aromatic heterocycles. The summed E-state index contributed by atoms with van der Waals surface area (Å²) in [7, 11) is 1.51. The van der Waals surface area contributed by atoms with E-state index in [9.17, 15) is 4.79 Å². The minimum Gasteiger partial charge on any atom is -0.323 e. The molecule has 0 bridgehead atoms. The summed E-state index contributed by atoms with van der Waals surface area (Å²) in [6.07, 6.45) is 3.77. The van der Waals surface area contributed by atoms with Crippen LogP contribution in [0.15, 0.2) is 4.99 Å². The molecule has 0 saturated carbocycles. The normalized spacial score (nSPS) is 16.8. The summed E-state index contributed by atoms with van der Waals surface area (Å²) in [5.74, 6) is 0.765. The molecule has 0 aromatic rings. The molecule has 5 heteroatoms. The number of nitrogens with one attached hydrogen (secondary N) is 2. The molecule has 0 aliphatic carbocycles. The SMILES string of the molecule is CNC(=O)ONC1=NCCCCC1. The first-order valence-electron chi connectivity index (χ1n) is 4.51. The minimum atomic E-state index is -0.494. The Morgan fingerprint density at radius 2 is 2.31 bits per heavy atom. The van der Waals surface area contributed by atoms with Crippen LogP contribution in [0.3, 0.4) is 0 Å². The molecule has 0 radical (unpaired) electrons. The number of amidine groups is 1. The highest BCUT2D eigenvalue weighted by atomic mass is 16.7. The Morgan fingerprint density at radius 1 is 1.46 bits per heavy atom. The Balaban J connectivity index is 2.26. The number of aliphatic imine (C=N–C) groups is 1. The standard InChI is InChI=1S/C8H15N3O2/c1-9-8(12)13-11-7-5-3-2-4-6-10-7/h2-6H2,1H3,(H,9,12)(H,10,11). The summed E-state index contributed by atoms with van der Waals surface area (Å²) in [6, 6.07) is 0. The molecule has 0 spiro atoms. The highest BCUT2D eigenvalue weighted by Gasteiger charge is 2.05. The van der Waals surface area contributed by atoms with Gasteiger partial charge in [0.15, 0.2) is 0 Å². The number of hydroxylamine groups is 1. The second kappa shape index (κ2) is 5.40. The van der Waals surface area contributed by atoms with Crippen molar-refractivity contribution >= 4 is 11.9 Å². The lowest BCUT2D eigenvalue weighted by Crippen LogP contribution is -2.31. The van der Waals surface area contributed by atoms with Crippen LogP contribution in [0.1, 0.15) is 25.7 Å². The molecule has 74 valence electrons. The highest BCUT2D eigenvalue weighted by molar-refractivity contribution is 5.82. The molecular formula is C8H15N3O2. The molecule has 0 aromatic carbocycles. The number of amides is 1. The smallest absolute Gasteiger partial charge is 0.323 e. The van der Waals surface area contributed by atoms with Crippen LogP contribution in [0, 0.1) is 0 Å². The Kier molecular flexibility index (Phi) is 4.08. The first-order valence-corrected chi connectivity index (χ1v) is 4.51. The van der Waals surface area contributed by atoms with Gasteiger partial charge in [0.05, 0.1) is 0 Å². The molecule has 1 amide bonds. The molecule has 5 nitrogen and oxygen atoms in total. The topological polar surface area (TPSA) is 62.7 Å². The molecule has 2 N–H and O–H groups in total. The monoisotopic (exact) mass is 185 g/mol. The quantitative estimate of drug-likeness (QED) is 0.549. The predicted molar refractivity (Wildman–Crippen MR) is 49.4 cm³/mol. The third-order valence-electron chi connectivity index (χ3n) is 1.84. The second-order valence-electron chi connectivity index (χ2n) is 2.88. The maximum Gasteiger partial charge on any atom is 0.431 e. The van der Waals surface area contributed by atoms with Gasteiger partial charge in [-0.25, -0.2) is 10.3 Å². The largest absolute Gasteiger partial charge is 0.431 e. The molecule has 0 unspecified atom stereocenters. The number of rotatable bonds is 0. The highest BCUT2D eigenvalue weighted by Crippen LogP contribution is 2.05. The van der Waals surface area contributed by atoms with Gasteiger partial charge in [-0.15, -0.1) is 0 Å². The number of carbonyl (C=O) groups excluding carboxylic acids is 1. The molecule has 1 rings (SSSR count). The summed E-state index contributed by atoms with van der Waals surface area (Å²) >= 11 is 0. The van der Waals surface area contributed by atoms with Gasteiger partial charge in [-0.2, -0.15) is 0 Å². The van der Waals surface area contributed by atoms with Gasteiger partial charge in [0.1, 0.15) is 5.84 Å². The molecule has 0 atom stereocenters. The maximum atomic E-state index is 10.7. The first-order chi connectivity index (χ1) is 6.33. The van der Waals surface area contributed by atoms with Gasteiger partial charge >= 0.3 is 6.09 Å². The first kappa shape index (κ1) is 9.83. The number of hydrogen-bond acceptors (Lipinski definition) is 4. The summed E-state index contributed by atoms with van der Waals surface area (Å²) in [5.41, 5.74) is 2.55. The van der Waals surface area contributed by atoms with Gasteiger partial charge in [0.2, 0.25) is 0 Å². The average Bonchev–Trinajstić information content (AvgIpc) is 2.42. The van der Waals surface area contributed by atoms with Crippen molar-refractivity contribution in [3.05, 3.63) is 0 Å². The van der Waals surface area contributed by atoms with E-state index >= 15 is 0 Å². The van der Waals surface area contributed by atoms with E-state index in [1.165, 1.54) is 13.5 Å². The summed E-state index contributed by atoms with van der Waals surface area (Å²) in [6.45, 7) is 0.819. The Hall–Kier alpha value is -1.26. The van der Waals surface area contributed by atoms with Crippen molar-refractivity contribution < 1.29 is 9.63 Å². The van der Waals surface area contributed by atoms with E-state index in [1.807, 2.05) is 0 Å². The fourth-order valence-corrected chi connectivity index (χ4v) is 1.11. The molecule has 0 saturated heterocycles. The van der Waals surface area contributed by atoms with Crippen molar-refractivity contribution in [2.24, 2.45) is 4.99 Å². The Labute approximate surface area is 77.5 Å². The van der Waals surface area contributed by atoms with Crippen LogP contribution < -0.4 is 10.8 Å². The van der Waals surface area contributed by atoms with Crippen molar-refractivity contribution in [2.75, 3.05) is 13.6 Å². The number of carbonyl (C=O) groups is 1. The van der Waals surface area contributed by atoms with Crippen LogP contribution in [0.4, 0.5) is 4.79 Å². The molecular weight excluding hydrogens is 170 g/mol. The lowest BCUT2D eigenvalue weighted by Gasteiger charge is -2.06. The van der Waals surface area contributed by atoms with Crippen LogP contribution >= 0.6 is 0 Å². The Bertz CT molecular complexity index is 204. The summed E-state index contributed by atoms with van der Waals surface area (Å²) < 4.78 is 0. The summed E-state index contributed by atoms with van der Waals surface area (Å²) in [5, 5.41) is 2.34. The van der Waals surface area contributed by atoms with Crippen LogP contribution in [0.2, 0.25) is 0 Å². The predicted octanol–water partition coefficient (Wildman–Crippen LogP) is 0.819. The minimum absolute atomic E-state index is 0.494. The van der Waals surface area contributed by atoms with Gasteiger partial charge in [-0.3, -0.25) is 4.99 Å². The number of hydrogen-bond donors (Lipinski definition) is 2. The van der Waals surface area contributed by atoms with Gasteiger partial charge < -0.3 is 10.2 Å². The average molecular weight is 185 g/mol. The molecule has 1 aliphatic heterocycles. The van der Waals surface area contributed by atoms with Gasteiger partial charge in [-0.05, 0) is 12.8 Å². The molecule has 0 fully saturated rings. The maximum absolute atomic E-state index is 10.7. The van der Waals surface area contributed by atoms with Crippen LogP contribution in [0.5, 0.6) is 0 Å². The third-order valence-corrected chi connectivity index (χ3v) is 1.84. The van der Waals surface area contributed by atoms with Gasteiger partial charge in [0, 0.05) is 20.0 Å². The van der Waals surface area contributed by atoms with E-state index in [0.29, 0.717) is 0 Å². The summed E-state index contributed by atoms with van der Waals surface area (Å²) in [4.78, 5) is 19.6. The van der Waals surface area contributed by atoms with Crippen LogP contribution in [0.25, 0.3) is 0 Å². The fourth-order valence-electron chi connectivity index (χ4n) is 1.11. The van der Waals surface area contributed by atoms with E-state index < -0.39 is 6.09 Å². The van der Waals surface area contributed by atoms with Crippen LogP contribution in [-0.4, -0.2) is 25.5 Å². The fraction of sp³-hybridized carbons (Fsp3) is 0.750. The van der Waals surface area contributed by atoms with E-state index in [1.54, 1.807) is 0 Å². The molecule has 13 heavy (non-hydrogen) atoms. The zero-order chi connectivity index (χ0) is 9.52.